The molecule has 0 saturated heterocycles. The molecule has 0 aliphatic rings. The smallest absolute Gasteiger partial charge is 0.411 e. The maximum atomic E-state index is 9.29. The second-order valence-electron chi connectivity index (χ2n) is 1.74. The first-order chi connectivity index (χ1) is 5.77. The van der Waals surface area contributed by atoms with Crippen molar-refractivity contribution in [1.29, 1.82) is 0 Å². The number of carboxylic acids is 1. The van der Waals surface area contributed by atoms with Crippen LogP contribution < -0.4 is 0 Å². The summed E-state index contributed by atoms with van der Waals surface area (Å²) < 4.78 is 0. The highest BCUT2D eigenvalue weighted by molar-refractivity contribution is 6.19. The van der Waals surface area contributed by atoms with Gasteiger partial charge in [-0.2, -0.15) is 4.79 Å². The minimum atomic E-state index is -1.25. The summed E-state index contributed by atoms with van der Waals surface area (Å²) in [6.45, 7) is 0. The van der Waals surface area contributed by atoms with Gasteiger partial charge in [-0.05, 0) is 0 Å². The van der Waals surface area contributed by atoms with Crippen LogP contribution in [-0.2, 0) is 4.79 Å². The second-order valence-corrected chi connectivity index (χ2v) is 1.74. The third-order valence-corrected chi connectivity index (χ3v) is 0.835. The minimum Gasteiger partial charge on any atom is -0.473 e. The van der Waals surface area contributed by atoms with Crippen LogP contribution in [0.25, 0.3) is 5.53 Å². The molecule has 0 amide bonds. The topological polar surface area (TPSA) is 73.7 Å². The molecule has 0 radical (unpaired) electrons. The van der Waals surface area contributed by atoms with Gasteiger partial charge in [0.1, 0.15) is 0 Å². The summed E-state index contributed by atoms with van der Waals surface area (Å²) in [5, 5.41) is 7.60. The van der Waals surface area contributed by atoms with Crippen molar-refractivity contribution in [1.82, 2.24) is 0 Å². The summed E-state index contributed by atoms with van der Waals surface area (Å²) >= 11 is 0. The summed E-state index contributed by atoms with van der Waals surface area (Å²) in [5.74, 6) is -1.25. The lowest BCUT2D eigenvalue weighted by Gasteiger charge is -1.69. The quantitative estimate of drug-likeness (QED) is 0.383. The molecule has 0 spiro atoms. The number of benzene rings is 1. The number of carbonyl (C=O) groups is 1. The summed E-state index contributed by atoms with van der Waals surface area (Å²) in [7, 11) is 0. The molecule has 1 aromatic carbocycles. The lowest BCUT2D eigenvalue weighted by molar-refractivity contribution is -0.132. The van der Waals surface area contributed by atoms with E-state index in [4.69, 9.17) is 10.6 Å². The maximum absolute atomic E-state index is 9.29. The van der Waals surface area contributed by atoms with Crippen LogP contribution in [0.2, 0.25) is 0 Å². The lowest BCUT2D eigenvalue weighted by Crippen LogP contribution is -1.94. The standard InChI is InChI=1S/C6H6.C2H2N2O2/c1-2-4-6-5-3-1;3-4-1-2(5)6/h1-6H;1H,(H,5,6). The summed E-state index contributed by atoms with van der Waals surface area (Å²) in [5.41, 5.74) is 7.43. The average molecular weight is 164 g/mol. The highest BCUT2D eigenvalue weighted by Crippen LogP contribution is 1.79. The predicted molar refractivity (Wildman–Crippen MR) is 43.8 cm³/mol. The number of hydrogen-bond acceptors (Lipinski definition) is 1. The SMILES string of the molecule is [N-]=[N+]=CC(=O)O.c1ccccc1. The average Bonchev–Trinajstić information content (AvgIpc) is 2.08. The van der Waals surface area contributed by atoms with E-state index < -0.39 is 5.97 Å². The zero-order valence-electron chi connectivity index (χ0n) is 6.29. The first-order valence-corrected chi connectivity index (χ1v) is 3.17. The molecule has 62 valence electrons. The van der Waals surface area contributed by atoms with Crippen LogP contribution in [0, 0.1) is 0 Å². The molecule has 0 heterocycles. The fourth-order valence-electron chi connectivity index (χ4n) is 0.434. The highest BCUT2D eigenvalue weighted by atomic mass is 16.4. The summed E-state index contributed by atoms with van der Waals surface area (Å²) in [4.78, 5) is 11.5. The molecule has 0 unspecified atom stereocenters. The van der Waals surface area contributed by atoms with E-state index in [1.807, 2.05) is 36.4 Å². The van der Waals surface area contributed by atoms with E-state index in [0.717, 1.165) is 0 Å². The Morgan fingerprint density at radius 2 is 1.50 bits per heavy atom. The van der Waals surface area contributed by atoms with Gasteiger partial charge in [-0.15, -0.1) is 0 Å². The maximum Gasteiger partial charge on any atom is 0.411 e. The second kappa shape index (κ2) is 7.18. The molecule has 4 nitrogen and oxygen atoms in total. The van der Waals surface area contributed by atoms with E-state index in [-0.39, 0.29) is 0 Å². The fourth-order valence-corrected chi connectivity index (χ4v) is 0.434. The van der Waals surface area contributed by atoms with Crippen molar-refractivity contribution >= 4 is 12.2 Å². The Kier molecular flexibility index (Phi) is 6.03. The number of carboxylic acid groups (broad SMARTS) is 1. The number of aliphatic carboxylic acids is 1. The van der Waals surface area contributed by atoms with Crippen molar-refractivity contribution in [3.63, 3.8) is 0 Å². The summed E-state index contributed by atoms with van der Waals surface area (Å²) in [6, 6.07) is 12.0. The van der Waals surface area contributed by atoms with Crippen LogP contribution in [0.15, 0.2) is 36.4 Å². The van der Waals surface area contributed by atoms with Crippen molar-refractivity contribution in [2.45, 2.75) is 0 Å². The summed E-state index contributed by atoms with van der Waals surface area (Å²) in [6.07, 6.45) is 0.389. The number of nitrogens with zero attached hydrogens (tertiary/aromatic N) is 2. The van der Waals surface area contributed by atoms with E-state index in [1.165, 1.54) is 0 Å². The molecular weight excluding hydrogens is 156 g/mol. The minimum absolute atomic E-state index is 0.389. The highest BCUT2D eigenvalue weighted by Gasteiger charge is 1.88. The molecule has 1 aromatic rings. The van der Waals surface area contributed by atoms with Gasteiger partial charge in [0, 0.05) is 0 Å². The Balaban J connectivity index is 0.000000202. The van der Waals surface area contributed by atoms with Crippen LogP contribution in [-0.4, -0.2) is 22.1 Å². The van der Waals surface area contributed by atoms with Crippen LogP contribution in [0.5, 0.6) is 0 Å². The molecule has 0 aliphatic carbocycles. The number of rotatable bonds is 1. The van der Waals surface area contributed by atoms with Gasteiger partial charge < -0.3 is 10.6 Å². The third kappa shape index (κ3) is 8.07. The zero-order chi connectivity index (χ0) is 9.23. The van der Waals surface area contributed by atoms with E-state index in [2.05, 4.69) is 4.79 Å². The van der Waals surface area contributed by atoms with Gasteiger partial charge in [-0.3, -0.25) is 0 Å². The molecule has 1 N–H and O–H groups in total. The molecular formula is C8H8N2O2. The molecule has 12 heavy (non-hydrogen) atoms. The van der Waals surface area contributed by atoms with E-state index in [0.29, 0.717) is 6.21 Å². The van der Waals surface area contributed by atoms with Crippen LogP contribution >= 0.6 is 0 Å². The molecule has 1 rings (SSSR count). The van der Waals surface area contributed by atoms with Gasteiger partial charge in [0.05, 0.1) is 0 Å². The van der Waals surface area contributed by atoms with Gasteiger partial charge in [-0.25, -0.2) is 4.79 Å². The lowest BCUT2D eigenvalue weighted by atomic mass is 10.4. The molecule has 0 aromatic heterocycles. The Morgan fingerprint density at radius 3 is 1.58 bits per heavy atom. The molecule has 4 heteroatoms. The van der Waals surface area contributed by atoms with Crippen molar-refractivity contribution < 1.29 is 14.7 Å². The van der Waals surface area contributed by atoms with Crippen molar-refractivity contribution in [2.75, 3.05) is 0 Å². The Hall–Kier alpha value is -1.93. The van der Waals surface area contributed by atoms with Crippen molar-refractivity contribution in [3.8, 4) is 0 Å². The molecule has 0 bridgehead atoms. The first-order valence-electron chi connectivity index (χ1n) is 3.17. The molecule has 0 fully saturated rings. The van der Waals surface area contributed by atoms with E-state index >= 15 is 0 Å². The molecule has 0 atom stereocenters. The first kappa shape index (κ1) is 10.1. The predicted octanol–water partition coefficient (Wildman–Crippen LogP) is 1.06. The van der Waals surface area contributed by atoms with Gasteiger partial charge in [-0.1, -0.05) is 36.4 Å². The zero-order valence-corrected chi connectivity index (χ0v) is 6.29. The van der Waals surface area contributed by atoms with Gasteiger partial charge in [0.2, 0.25) is 0 Å². The largest absolute Gasteiger partial charge is 0.473 e. The molecule has 0 saturated carbocycles. The van der Waals surface area contributed by atoms with Gasteiger partial charge in [0.15, 0.2) is 0 Å². The van der Waals surface area contributed by atoms with Crippen molar-refractivity contribution in [2.24, 2.45) is 0 Å². The van der Waals surface area contributed by atoms with Gasteiger partial charge in [0.25, 0.3) is 0 Å². The van der Waals surface area contributed by atoms with Crippen LogP contribution in [0.4, 0.5) is 0 Å². The number of hydrogen-bond donors (Lipinski definition) is 1. The van der Waals surface area contributed by atoms with E-state index in [9.17, 15) is 4.79 Å². The molecule has 0 aliphatic heterocycles. The Morgan fingerprint density at radius 1 is 1.17 bits per heavy atom. The fraction of sp³-hybridized carbons (Fsp3) is 0. The Bertz CT molecular complexity index is 239. The van der Waals surface area contributed by atoms with E-state index in [1.54, 1.807) is 0 Å². The normalized spacial score (nSPS) is 7.00. The Labute approximate surface area is 69.7 Å². The van der Waals surface area contributed by atoms with Gasteiger partial charge >= 0.3 is 12.2 Å². The van der Waals surface area contributed by atoms with Crippen molar-refractivity contribution in [3.05, 3.63) is 41.9 Å². The third-order valence-electron chi connectivity index (χ3n) is 0.835. The monoisotopic (exact) mass is 164 g/mol. The van der Waals surface area contributed by atoms with Crippen LogP contribution in [0.1, 0.15) is 0 Å². The van der Waals surface area contributed by atoms with Crippen LogP contribution in [0.3, 0.4) is 0 Å².